The van der Waals surface area contributed by atoms with E-state index in [4.69, 9.17) is 15.2 Å². The number of methoxy groups -OCH3 is 1. The van der Waals surface area contributed by atoms with Crippen molar-refractivity contribution in [3.05, 3.63) is 35.9 Å². The first-order chi connectivity index (χ1) is 7.75. The summed E-state index contributed by atoms with van der Waals surface area (Å²) in [7, 11) is 1.69. The molecule has 0 aliphatic heterocycles. The SMILES string of the molecule is COCCCOC(C)C(N)c1ccccc1. The summed E-state index contributed by atoms with van der Waals surface area (Å²) in [5, 5.41) is 0. The monoisotopic (exact) mass is 223 g/mol. The maximum absolute atomic E-state index is 6.10. The smallest absolute Gasteiger partial charge is 0.0739 e. The lowest BCUT2D eigenvalue weighted by molar-refractivity contribution is 0.0352. The molecule has 1 aromatic carbocycles. The fourth-order valence-electron chi connectivity index (χ4n) is 1.52. The average Bonchev–Trinajstić information content (AvgIpc) is 2.34. The van der Waals surface area contributed by atoms with E-state index >= 15 is 0 Å². The van der Waals surface area contributed by atoms with Crippen molar-refractivity contribution in [2.45, 2.75) is 25.5 Å². The van der Waals surface area contributed by atoms with Crippen LogP contribution in [0, 0.1) is 0 Å². The summed E-state index contributed by atoms with van der Waals surface area (Å²) in [5.41, 5.74) is 7.21. The van der Waals surface area contributed by atoms with E-state index in [1.165, 1.54) is 0 Å². The van der Waals surface area contributed by atoms with E-state index in [-0.39, 0.29) is 12.1 Å². The van der Waals surface area contributed by atoms with Crippen molar-refractivity contribution >= 4 is 0 Å². The number of nitrogens with two attached hydrogens (primary N) is 1. The highest BCUT2D eigenvalue weighted by molar-refractivity contribution is 5.19. The number of hydrogen-bond acceptors (Lipinski definition) is 3. The van der Waals surface area contributed by atoms with Crippen molar-refractivity contribution in [1.82, 2.24) is 0 Å². The van der Waals surface area contributed by atoms with Crippen molar-refractivity contribution in [2.75, 3.05) is 20.3 Å². The summed E-state index contributed by atoms with van der Waals surface area (Å²) < 4.78 is 10.6. The predicted octanol–water partition coefficient (Wildman–Crippen LogP) is 2.13. The van der Waals surface area contributed by atoms with Crippen LogP contribution in [-0.2, 0) is 9.47 Å². The van der Waals surface area contributed by atoms with Gasteiger partial charge < -0.3 is 15.2 Å². The summed E-state index contributed by atoms with van der Waals surface area (Å²) in [5.74, 6) is 0. The summed E-state index contributed by atoms with van der Waals surface area (Å²) in [6, 6.07) is 9.96. The molecule has 2 N–H and O–H groups in total. The lowest BCUT2D eigenvalue weighted by Crippen LogP contribution is -2.26. The highest BCUT2D eigenvalue weighted by Crippen LogP contribution is 2.15. The fraction of sp³-hybridized carbons (Fsp3) is 0.538. The van der Waals surface area contributed by atoms with Gasteiger partial charge in [-0.1, -0.05) is 30.3 Å². The van der Waals surface area contributed by atoms with E-state index in [1.54, 1.807) is 7.11 Å². The third kappa shape index (κ3) is 4.31. The van der Waals surface area contributed by atoms with Gasteiger partial charge in [-0.05, 0) is 18.9 Å². The zero-order chi connectivity index (χ0) is 11.8. The Morgan fingerprint density at radius 1 is 1.19 bits per heavy atom. The molecule has 90 valence electrons. The van der Waals surface area contributed by atoms with Gasteiger partial charge in [-0.25, -0.2) is 0 Å². The van der Waals surface area contributed by atoms with Crippen LogP contribution in [0.4, 0.5) is 0 Å². The van der Waals surface area contributed by atoms with Gasteiger partial charge in [0.2, 0.25) is 0 Å². The fourth-order valence-corrected chi connectivity index (χ4v) is 1.52. The molecule has 0 bridgehead atoms. The number of ether oxygens (including phenoxy) is 2. The van der Waals surface area contributed by atoms with Gasteiger partial charge in [0.05, 0.1) is 12.1 Å². The van der Waals surface area contributed by atoms with Gasteiger partial charge >= 0.3 is 0 Å². The molecule has 0 aliphatic rings. The van der Waals surface area contributed by atoms with Crippen LogP contribution >= 0.6 is 0 Å². The molecule has 3 nitrogen and oxygen atoms in total. The van der Waals surface area contributed by atoms with Crippen LogP contribution in [0.3, 0.4) is 0 Å². The summed E-state index contributed by atoms with van der Waals surface area (Å²) in [6.07, 6.45) is 0.932. The van der Waals surface area contributed by atoms with Crippen LogP contribution in [0.1, 0.15) is 24.9 Å². The van der Waals surface area contributed by atoms with Gasteiger partial charge in [0, 0.05) is 20.3 Å². The Morgan fingerprint density at radius 2 is 1.88 bits per heavy atom. The van der Waals surface area contributed by atoms with Crippen molar-refractivity contribution in [2.24, 2.45) is 5.73 Å². The second-order valence-corrected chi connectivity index (χ2v) is 3.86. The van der Waals surface area contributed by atoms with Gasteiger partial charge in [0.15, 0.2) is 0 Å². The van der Waals surface area contributed by atoms with Crippen LogP contribution < -0.4 is 5.73 Å². The molecule has 1 aromatic rings. The minimum atomic E-state index is -0.0660. The zero-order valence-electron chi connectivity index (χ0n) is 10.1. The van der Waals surface area contributed by atoms with Crippen LogP contribution in [-0.4, -0.2) is 26.4 Å². The van der Waals surface area contributed by atoms with E-state index in [0.717, 1.165) is 18.6 Å². The molecule has 0 aromatic heterocycles. The molecule has 0 fully saturated rings. The summed E-state index contributed by atoms with van der Waals surface area (Å²) in [6.45, 7) is 3.42. The van der Waals surface area contributed by atoms with Gasteiger partial charge in [-0.15, -0.1) is 0 Å². The molecule has 3 heteroatoms. The molecule has 0 radical (unpaired) electrons. The average molecular weight is 223 g/mol. The Balaban J connectivity index is 2.33. The topological polar surface area (TPSA) is 44.5 Å². The van der Waals surface area contributed by atoms with Crippen LogP contribution in [0.25, 0.3) is 0 Å². The molecule has 2 atom stereocenters. The Bertz CT molecular complexity index is 277. The van der Waals surface area contributed by atoms with E-state index in [0.29, 0.717) is 6.61 Å². The molecule has 16 heavy (non-hydrogen) atoms. The zero-order valence-corrected chi connectivity index (χ0v) is 10.1. The Hall–Kier alpha value is -0.900. The Labute approximate surface area is 97.6 Å². The van der Waals surface area contributed by atoms with Crippen LogP contribution in [0.15, 0.2) is 30.3 Å². The second-order valence-electron chi connectivity index (χ2n) is 3.86. The number of rotatable bonds is 7. The molecule has 0 spiro atoms. The van der Waals surface area contributed by atoms with E-state index in [2.05, 4.69) is 0 Å². The van der Waals surface area contributed by atoms with Crippen molar-refractivity contribution < 1.29 is 9.47 Å². The van der Waals surface area contributed by atoms with E-state index < -0.39 is 0 Å². The van der Waals surface area contributed by atoms with Gasteiger partial charge in [0.25, 0.3) is 0 Å². The van der Waals surface area contributed by atoms with Crippen LogP contribution in [0.2, 0.25) is 0 Å². The molecule has 0 saturated carbocycles. The first kappa shape index (κ1) is 13.2. The molecule has 0 heterocycles. The van der Waals surface area contributed by atoms with Crippen molar-refractivity contribution in [3.8, 4) is 0 Å². The van der Waals surface area contributed by atoms with Gasteiger partial charge in [0.1, 0.15) is 0 Å². The quantitative estimate of drug-likeness (QED) is 0.720. The predicted molar refractivity (Wildman–Crippen MR) is 65.3 cm³/mol. The Kier molecular flexibility index (Phi) is 6.08. The maximum atomic E-state index is 6.10. The minimum Gasteiger partial charge on any atom is -0.385 e. The first-order valence-electron chi connectivity index (χ1n) is 5.66. The molecule has 0 aliphatic carbocycles. The Morgan fingerprint density at radius 3 is 2.50 bits per heavy atom. The lowest BCUT2D eigenvalue weighted by atomic mass is 10.0. The van der Waals surface area contributed by atoms with Crippen molar-refractivity contribution in [1.29, 1.82) is 0 Å². The lowest BCUT2D eigenvalue weighted by Gasteiger charge is -2.20. The molecular formula is C13H21NO2. The molecule has 1 rings (SSSR count). The standard InChI is InChI=1S/C13H21NO2/c1-11(16-10-6-9-15-2)13(14)12-7-4-3-5-8-12/h3-5,7-8,11,13H,6,9-10,14H2,1-2H3. The molecular weight excluding hydrogens is 202 g/mol. The van der Waals surface area contributed by atoms with Crippen LogP contribution in [0.5, 0.6) is 0 Å². The number of hydrogen-bond donors (Lipinski definition) is 1. The normalized spacial score (nSPS) is 14.7. The van der Waals surface area contributed by atoms with Gasteiger partial charge in [-0.2, -0.15) is 0 Å². The second kappa shape index (κ2) is 7.39. The minimum absolute atomic E-state index is 0.0271. The number of benzene rings is 1. The van der Waals surface area contributed by atoms with Crippen molar-refractivity contribution in [3.63, 3.8) is 0 Å². The largest absolute Gasteiger partial charge is 0.385 e. The molecule has 0 amide bonds. The third-order valence-electron chi connectivity index (χ3n) is 2.56. The van der Waals surface area contributed by atoms with E-state index in [9.17, 15) is 0 Å². The first-order valence-corrected chi connectivity index (χ1v) is 5.66. The van der Waals surface area contributed by atoms with E-state index in [1.807, 2.05) is 37.3 Å². The van der Waals surface area contributed by atoms with Gasteiger partial charge in [-0.3, -0.25) is 0 Å². The highest BCUT2D eigenvalue weighted by atomic mass is 16.5. The maximum Gasteiger partial charge on any atom is 0.0739 e. The summed E-state index contributed by atoms with van der Waals surface area (Å²) in [4.78, 5) is 0. The molecule has 2 unspecified atom stereocenters. The molecule has 0 saturated heterocycles. The highest BCUT2D eigenvalue weighted by Gasteiger charge is 2.14. The summed E-state index contributed by atoms with van der Waals surface area (Å²) >= 11 is 0. The third-order valence-corrected chi connectivity index (χ3v) is 2.56.